The largest absolute Gasteiger partial charge is 0.481 e. The first-order valence-electron chi connectivity index (χ1n) is 7.71. The first kappa shape index (κ1) is 17.1. The third-order valence-corrected chi connectivity index (χ3v) is 4.44. The van der Waals surface area contributed by atoms with Crippen molar-refractivity contribution in [1.82, 2.24) is 0 Å². The molecule has 0 fully saturated rings. The Morgan fingerprint density at radius 2 is 1.92 bits per heavy atom. The molecule has 1 amide bonds. The molecule has 0 aliphatic rings. The highest BCUT2D eigenvalue weighted by Gasteiger charge is 2.16. The summed E-state index contributed by atoms with van der Waals surface area (Å²) < 4.78 is 10.8. The van der Waals surface area contributed by atoms with E-state index in [4.69, 9.17) is 9.15 Å². The summed E-state index contributed by atoms with van der Waals surface area (Å²) in [7, 11) is 0. The lowest BCUT2D eigenvalue weighted by molar-refractivity contribution is -0.122. The molecule has 25 heavy (non-hydrogen) atoms. The number of hydrogen-bond donors (Lipinski definition) is 1. The number of carbonyl (C=O) groups excluding carboxylic acids is 1. The van der Waals surface area contributed by atoms with Crippen molar-refractivity contribution in [1.29, 1.82) is 0 Å². The number of benzene rings is 2. The molecule has 1 atom stereocenters. The van der Waals surface area contributed by atoms with Crippen molar-refractivity contribution in [3.8, 4) is 5.75 Å². The standard InChI is InChI=1S/C19H17NO4S/c1-12(19(22)20-15-5-3-4-6-17(15)25-2)23-14-9-7-13-8-10-18(21)24-16(13)11-14/h3-12H,1-2H3,(H,20,22)/t12-/m1/s1. The highest BCUT2D eigenvalue weighted by Crippen LogP contribution is 2.25. The summed E-state index contributed by atoms with van der Waals surface area (Å²) >= 11 is 1.56. The van der Waals surface area contributed by atoms with Crippen molar-refractivity contribution in [2.75, 3.05) is 11.6 Å². The number of para-hydroxylation sites is 1. The molecule has 0 radical (unpaired) electrons. The smallest absolute Gasteiger partial charge is 0.336 e. The lowest BCUT2D eigenvalue weighted by Gasteiger charge is -2.16. The van der Waals surface area contributed by atoms with Gasteiger partial charge in [0.25, 0.3) is 5.91 Å². The highest BCUT2D eigenvalue weighted by molar-refractivity contribution is 7.98. The normalized spacial score (nSPS) is 11.9. The minimum atomic E-state index is -0.706. The van der Waals surface area contributed by atoms with Crippen LogP contribution in [0.15, 0.2) is 68.7 Å². The fraction of sp³-hybridized carbons (Fsp3) is 0.158. The van der Waals surface area contributed by atoms with Gasteiger partial charge in [0.05, 0.1) is 5.69 Å². The average Bonchev–Trinajstić information content (AvgIpc) is 2.61. The summed E-state index contributed by atoms with van der Waals surface area (Å²) in [4.78, 5) is 24.7. The van der Waals surface area contributed by atoms with Crippen molar-refractivity contribution in [3.63, 3.8) is 0 Å². The van der Waals surface area contributed by atoms with Crippen LogP contribution in [-0.4, -0.2) is 18.3 Å². The Morgan fingerprint density at radius 1 is 1.16 bits per heavy atom. The van der Waals surface area contributed by atoms with E-state index in [2.05, 4.69) is 5.32 Å². The van der Waals surface area contributed by atoms with Gasteiger partial charge in [-0.1, -0.05) is 12.1 Å². The van der Waals surface area contributed by atoms with Crippen LogP contribution in [0.4, 0.5) is 5.69 Å². The van der Waals surface area contributed by atoms with Crippen LogP contribution in [0.5, 0.6) is 5.75 Å². The van der Waals surface area contributed by atoms with Crippen LogP contribution in [0.25, 0.3) is 11.0 Å². The average molecular weight is 355 g/mol. The Balaban J connectivity index is 1.74. The maximum absolute atomic E-state index is 12.4. The molecular formula is C19H17NO4S. The number of hydrogen-bond acceptors (Lipinski definition) is 5. The van der Waals surface area contributed by atoms with E-state index in [-0.39, 0.29) is 5.91 Å². The molecule has 1 N–H and O–H groups in total. The number of nitrogens with one attached hydrogen (secondary N) is 1. The van der Waals surface area contributed by atoms with Crippen LogP contribution in [0.1, 0.15) is 6.92 Å². The van der Waals surface area contributed by atoms with Gasteiger partial charge in [-0.2, -0.15) is 0 Å². The lowest BCUT2D eigenvalue weighted by Crippen LogP contribution is -2.30. The Labute approximate surface area is 149 Å². The van der Waals surface area contributed by atoms with Gasteiger partial charge in [0.2, 0.25) is 0 Å². The third kappa shape index (κ3) is 4.03. The van der Waals surface area contributed by atoms with Crippen molar-refractivity contribution >= 4 is 34.3 Å². The molecule has 6 heteroatoms. The molecule has 128 valence electrons. The molecule has 0 aliphatic carbocycles. The minimum absolute atomic E-state index is 0.254. The number of fused-ring (bicyclic) bond motifs is 1. The van der Waals surface area contributed by atoms with Gasteiger partial charge in [-0.3, -0.25) is 4.79 Å². The zero-order chi connectivity index (χ0) is 17.8. The SMILES string of the molecule is CSc1ccccc1NC(=O)[C@@H](C)Oc1ccc2ccc(=O)oc2c1. The molecule has 0 aliphatic heterocycles. The highest BCUT2D eigenvalue weighted by atomic mass is 32.2. The molecule has 1 aromatic heterocycles. The van der Waals surface area contributed by atoms with Crippen LogP contribution in [0.2, 0.25) is 0 Å². The third-order valence-electron chi connectivity index (χ3n) is 3.64. The summed E-state index contributed by atoms with van der Waals surface area (Å²) in [6, 6.07) is 15.7. The van der Waals surface area contributed by atoms with Gasteiger partial charge in [0.1, 0.15) is 11.3 Å². The van der Waals surface area contributed by atoms with E-state index < -0.39 is 11.7 Å². The molecule has 2 aromatic carbocycles. The second-order valence-corrected chi connectivity index (χ2v) is 6.25. The molecule has 0 saturated carbocycles. The van der Waals surface area contributed by atoms with Gasteiger partial charge >= 0.3 is 5.63 Å². The summed E-state index contributed by atoms with van der Waals surface area (Å²) in [5.41, 5.74) is 0.745. The maximum Gasteiger partial charge on any atom is 0.336 e. The van der Waals surface area contributed by atoms with Crippen LogP contribution >= 0.6 is 11.8 Å². The fourth-order valence-corrected chi connectivity index (χ4v) is 2.91. The summed E-state index contributed by atoms with van der Waals surface area (Å²) in [5.74, 6) is 0.207. The molecule has 3 aromatic rings. The van der Waals surface area contributed by atoms with Gasteiger partial charge < -0.3 is 14.5 Å². The van der Waals surface area contributed by atoms with Crippen molar-refractivity contribution in [2.45, 2.75) is 17.9 Å². The van der Waals surface area contributed by atoms with Crippen LogP contribution in [0.3, 0.4) is 0 Å². The fourth-order valence-electron chi connectivity index (χ4n) is 2.35. The van der Waals surface area contributed by atoms with Crippen LogP contribution in [-0.2, 0) is 4.79 Å². The topological polar surface area (TPSA) is 68.5 Å². The molecule has 0 saturated heterocycles. The first-order chi connectivity index (χ1) is 12.1. The van der Waals surface area contributed by atoms with Crippen molar-refractivity contribution in [2.24, 2.45) is 0 Å². The Bertz CT molecular complexity index is 967. The molecule has 0 unspecified atom stereocenters. The van der Waals surface area contributed by atoms with E-state index in [1.54, 1.807) is 43.0 Å². The van der Waals surface area contributed by atoms with Gasteiger partial charge in [-0.05, 0) is 43.5 Å². The molecule has 1 heterocycles. The second kappa shape index (κ2) is 7.44. The zero-order valence-electron chi connectivity index (χ0n) is 13.8. The van der Waals surface area contributed by atoms with Crippen LogP contribution < -0.4 is 15.7 Å². The van der Waals surface area contributed by atoms with Gasteiger partial charge in [0, 0.05) is 22.4 Å². The van der Waals surface area contributed by atoms with E-state index in [1.165, 1.54) is 6.07 Å². The van der Waals surface area contributed by atoms with E-state index in [9.17, 15) is 9.59 Å². The van der Waals surface area contributed by atoms with Gasteiger partial charge in [-0.15, -0.1) is 11.8 Å². The van der Waals surface area contributed by atoms with E-state index in [1.807, 2.05) is 30.5 Å². The number of amides is 1. The van der Waals surface area contributed by atoms with Gasteiger partial charge in [-0.25, -0.2) is 4.79 Å². The van der Waals surface area contributed by atoms with Crippen LogP contribution in [0, 0.1) is 0 Å². The van der Waals surface area contributed by atoms with Crippen molar-refractivity contribution < 1.29 is 13.9 Å². The molecule has 5 nitrogen and oxygen atoms in total. The number of anilines is 1. The van der Waals surface area contributed by atoms with E-state index in [0.29, 0.717) is 11.3 Å². The second-order valence-electron chi connectivity index (χ2n) is 5.40. The molecular weight excluding hydrogens is 338 g/mol. The quantitative estimate of drug-likeness (QED) is 0.555. The Hall–Kier alpha value is -2.73. The Kier molecular flexibility index (Phi) is 5.09. The summed E-state index contributed by atoms with van der Waals surface area (Å²) in [5, 5.41) is 3.66. The predicted octanol–water partition coefficient (Wildman–Crippen LogP) is 3.92. The number of thioether (sulfide) groups is 1. The van der Waals surface area contributed by atoms with Crippen molar-refractivity contribution in [3.05, 3.63) is 65.0 Å². The number of rotatable bonds is 5. The number of carbonyl (C=O) groups is 1. The maximum atomic E-state index is 12.4. The monoisotopic (exact) mass is 355 g/mol. The molecule has 3 rings (SSSR count). The van der Waals surface area contributed by atoms with E-state index >= 15 is 0 Å². The first-order valence-corrected chi connectivity index (χ1v) is 8.94. The molecule has 0 spiro atoms. The summed E-state index contributed by atoms with van der Waals surface area (Å²) in [6.07, 6.45) is 1.25. The lowest BCUT2D eigenvalue weighted by atomic mass is 10.2. The van der Waals surface area contributed by atoms with Gasteiger partial charge in [0.15, 0.2) is 6.10 Å². The number of ether oxygens (including phenoxy) is 1. The minimum Gasteiger partial charge on any atom is -0.481 e. The van der Waals surface area contributed by atoms with E-state index in [0.717, 1.165) is 16.0 Å². The summed E-state index contributed by atoms with van der Waals surface area (Å²) in [6.45, 7) is 1.67. The predicted molar refractivity (Wildman–Crippen MR) is 99.4 cm³/mol. The molecule has 0 bridgehead atoms. The Morgan fingerprint density at radius 3 is 2.72 bits per heavy atom. The zero-order valence-corrected chi connectivity index (χ0v) is 14.6.